The van der Waals surface area contributed by atoms with Gasteiger partial charge < -0.3 is 0 Å². The molecule has 0 bridgehead atoms. The highest BCUT2D eigenvalue weighted by atomic mass is 19.4. The molecular formula is C9H12F3N. The van der Waals surface area contributed by atoms with Crippen molar-refractivity contribution in [2.45, 2.75) is 26.4 Å². The molecule has 0 aliphatic heterocycles. The quantitative estimate of drug-likeness (QED) is 0.605. The van der Waals surface area contributed by atoms with Gasteiger partial charge in [-0.1, -0.05) is 19.1 Å². The third-order valence-corrected chi connectivity index (χ3v) is 1.18. The number of hydrogen-bond donors (Lipinski definition) is 0. The highest BCUT2D eigenvalue weighted by Gasteiger charge is 2.32. The second-order valence-electron chi connectivity index (χ2n) is 2.30. The molecule has 0 rings (SSSR count). The fraction of sp³-hybridized carbons (Fsp3) is 0.444. The molecule has 0 atom stereocenters. The molecule has 0 unspecified atom stereocenters. The molecular weight excluding hydrogens is 179 g/mol. The lowest BCUT2D eigenvalue weighted by Gasteiger charge is -2.05. The van der Waals surface area contributed by atoms with Crippen molar-refractivity contribution in [3.63, 3.8) is 0 Å². The summed E-state index contributed by atoms with van der Waals surface area (Å²) in [6.45, 7) is 3.35. The van der Waals surface area contributed by atoms with Crippen molar-refractivity contribution in [1.82, 2.24) is 0 Å². The summed E-state index contributed by atoms with van der Waals surface area (Å²) in [5, 5.41) is 0. The van der Waals surface area contributed by atoms with Crippen LogP contribution in [0.15, 0.2) is 28.9 Å². The Hall–Kier alpha value is -1.06. The molecule has 13 heavy (non-hydrogen) atoms. The van der Waals surface area contributed by atoms with Gasteiger partial charge in [0.25, 0.3) is 0 Å². The van der Waals surface area contributed by atoms with Gasteiger partial charge in [0.05, 0.1) is 0 Å². The molecule has 74 valence electrons. The Morgan fingerprint density at radius 3 is 2.38 bits per heavy atom. The summed E-state index contributed by atoms with van der Waals surface area (Å²) >= 11 is 0. The minimum Gasteiger partial charge on any atom is -0.252 e. The first-order valence-corrected chi connectivity index (χ1v) is 3.95. The van der Waals surface area contributed by atoms with E-state index < -0.39 is 11.9 Å². The number of rotatable bonds is 3. The number of alkyl halides is 3. The van der Waals surface area contributed by atoms with E-state index in [1.54, 1.807) is 19.9 Å². The van der Waals surface area contributed by atoms with Crippen LogP contribution in [0, 0.1) is 0 Å². The Labute approximate surface area is 75.7 Å². The van der Waals surface area contributed by atoms with Crippen molar-refractivity contribution in [1.29, 1.82) is 0 Å². The van der Waals surface area contributed by atoms with E-state index in [1.807, 2.05) is 0 Å². The Bertz CT molecular complexity index is 224. The molecule has 0 heterocycles. The van der Waals surface area contributed by atoms with Crippen LogP contribution < -0.4 is 0 Å². The topological polar surface area (TPSA) is 12.4 Å². The van der Waals surface area contributed by atoms with Gasteiger partial charge in [-0.3, -0.25) is 4.99 Å². The van der Waals surface area contributed by atoms with Gasteiger partial charge in [-0.15, -0.1) is 0 Å². The summed E-state index contributed by atoms with van der Waals surface area (Å²) in [6.07, 6.45) is 1.23. The third kappa shape index (κ3) is 5.22. The molecule has 0 radical (unpaired) electrons. The van der Waals surface area contributed by atoms with E-state index >= 15 is 0 Å². The smallest absolute Gasteiger partial charge is 0.252 e. The first-order valence-electron chi connectivity index (χ1n) is 3.95. The molecule has 0 aliphatic rings. The number of nitrogens with zero attached hydrogens (tertiary/aromatic N) is 1. The molecule has 0 aromatic heterocycles. The van der Waals surface area contributed by atoms with Gasteiger partial charge in [0.15, 0.2) is 0 Å². The minimum atomic E-state index is -4.35. The first-order chi connectivity index (χ1) is 6.02. The van der Waals surface area contributed by atoms with Crippen LogP contribution in [0.3, 0.4) is 0 Å². The lowest BCUT2D eigenvalue weighted by Crippen LogP contribution is -2.10. The second kappa shape index (κ2) is 5.56. The summed E-state index contributed by atoms with van der Waals surface area (Å²) in [6, 6.07) is 0. The number of hydrogen-bond acceptors (Lipinski definition) is 1. The molecule has 0 saturated heterocycles. The van der Waals surface area contributed by atoms with Crippen molar-refractivity contribution >= 4 is 6.21 Å². The van der Waals surface area contributed by atoms with Crippen molar-refractivity contribution in [2.24, 2.45) is 4.99 Å². The van der Waals surface area contributed by atoms with Crippen molar-refractivity contribution in [2.75, 3.05) is 0 Å². The molecule has 0 aromatic carbocycles. The fourth-order valence-electron chi connectivity index (χ4n) is 0.644. The van der Waals surface area contributed by atoms with Gasteiger partial charge in [0, 0.05) is 6.21 Å². The Balaban J connectivity index is 4.55. The van der Waals surface area contributed by atoms with Gasteiger partial charge in [0.2, 0.25) is 0 Å². The van der Waals surface area contributed by atoms with Gasteiger partial charge >= 0.3 is 6.18 Å². The monoisotopic (exact) mass is 191 g/mol. The summed E-state index contributed by atoms with van der Waals surface area (Å²) < 4.78 is 36.4. The predicted molar refractivity (Wildman–Crippen MR) is 47.7 cm³/mol. The van der Waals surface area contributed by atoms with Gasteiger partial charge in [-0.2, -0.15) is 13.2 Å². The maximum Gasteiger partial charge on any atom is 0.433 e. The van der Waals surface area contributed by atoms with Crippen LogP contribution in [0.2, 0.25) is 0 Å². The SMILES string of the molecule is C\C=C/C=N\C(=C/CC)C(F)(F)F. The van der Waals surface area contributed by atoms with Crippen LogP contribution in [0.1, 0.15) is 20.3 Å². The molecule has 0 aliphatic carbocycles. The van der Waals surface area contributed by atoms with E-state index in [4.69, 9.17) is 0 Å². The Morgan fingerprint density at radius 1 is 1.38 bits per heavy atom. The average Bonchev–Trinajstić information content (AvgIpc) is 2.01. The van der Waals surface area contributed by atoms with Crippen LogP contribution >= 0.6 is 0 Å². The molecule has 0 saturated carbocycles. The van der Waals surface area contributed by atoms with Crippen LogP contribution in [-0.4, -0.2) is 12.4 Å². The average molecular weight is 191 g/mol. The van der Waals surface area contributed by atoms with E-state index in [0.717, 1.165) is 12.3 Å². The zero-order valence-corrected chi connectivity index (χ0v) is 7.60. The lowest BCUT2D eigenvalue weighted by atomic mass is 10.3. The lowest BCUT2D eigenvalue weighted by molar-refractivity contribution is -0.0925. The van der Waals surface area contributed by atoms with Gasteiger partial charge in [-0.25, -0.2) is 0 Å². The summed E-state index contributed by atoms with van der Waals surface area (Å²) in [5.74, 6) is 0. The molecule has 4 heteroatoms. The normalized spacial score (nSPS) is 14.7. The van der Waals surface area contributed by atoms with Crippen molar-refractivity contribution in [3.05, 3.63) is 23.9 Å². The number of aliphatic imine (C=N–C) groups is 1. The van der Waals surface area contributed by atoms with Crippen LogP contribution in [0.4, 0.5) is 13.2 Å². The zero-order chi connectivity index (χ0) is 10.3. The fourth-order valence-corrected chi connectivity index (χ4v) is 0.644. The van der Waals surface area contributed by atoms with E-state index in [2.05, 4.69) is 4.99 Å². The van der Waals surface area contributed by atoms with E-state index in [0.29, 0.717) is 6.42 Å². The summed E-state index contributed by atoms with van der Waals surface area (Å²) in [7, 11) is 0. The van der Waals surface area contributed by atoms with E-state index in [-0.39, 0.29) is 0 Å². The Morgan fingerprint density at radius 2 is 2.00 bits per heavy atom. The van der Waals surface area contributed by atoms with Crippen LogP contribution in [0.5, 0.6) is 0 Å². The first kappa shape index (κ1) is 11.9. The van der Waals surface area contributed by atoms with Crippen molar-refractivity contribution in [3.8, 4) is 0 Å². The Kier molecular flexibility index (Phi) is 5.11. The summed E-state index contributed by atoms with van der Waals surface area (Å²) in [5.41, 5.74) is -0.840. The van der Waals surface area contributed by atoms with Crippen molar-refractivity contribution < 1.29 is 13.2 Å². The zero-order valence-electron chi connectivity index (χ0n) is 7.60. The van der Waals surface area contributed by atoms with Crippen LogP contribution in [-0.2, 0) is 0 Å². The minimum absolute atomic E-state index is 0.321. The van der Waals surface area contributed by atoms with E-state index in [9.17, 15) is 13.2 Å². The maximum absolute atomic E-state index is 12.1. The standard InChI is InChI=1S/C9H12F3N/c1-3-5-7-13-8(6-4-2)9(10,11)12/h3,5-7H,4H2,1-2H3/b5-3-,8-6-,13-7-. The number of halogens is 3. The maximum atomic E-state index is 12.1. The molecule has 0 spiro atoms. The molecule has 0 N–H and O–H groups in total. The molecule has 1 nitrogen and oxygen atoms in total. The molecule has 0 fully saturated rings. The largest absolute Gasteiger partial charge is 0.433 e. The molecule has 0 aromatic rings. The third-order valence-electron chi connectivity index (χ3n) is 1.18. The predicted octanol–water partition coefficient (Wildman–Crippen LogP) is 3.49. The second-order valence-corrected chi connectivity index (χ2v) is 2.30. The summed E-state index contributed by atoms with van der Waals surface area (Å²) in [4.78, 5) is 3.30. The molecule has 0 amide bonds. The highest BCUT2D eigenvalue weighted by molar-refractivity contribution is 5.72. The van der Waals surface area contributed by atoms with Gasteiger partial charge in [-0.05, 0) is 19.4 Å². The van der Waals surface area contributed by atoms with Crippen LogP contribution in [0.25, 0.3) is 0 Å². The van der Waals surface area contributed by atoms with E-state index in [1.165, 1.54) is 6.08 Å². The van der Waals surface area contributed by atoms with Gasteiger partial charge in [0.1, 0.15) is 5.70 Å². The highest BCUT2D eigenvalue weighted by Crippen LogP contribution is 2.26. The number of allylic oxidation sites excluding steroid dienone is 4.